The Morgan fingerprint density at radius 3 is 2.79 bits per heavy atom. The average molecular weight is 264 g/mol. The van der Waals surface area contributed by atoms with E-state index in [0.29, 0.717) is 0 Å². The van der Waals surface area contributed by atoms with Gasteiger partial charge < -0.3 is 10.2 Å². The molecule has 3 rings (SSSR count). The van der Waals surface area contributed by atoms with Crippen LogP contribution in [0.5, 0.6) is 0 Å². The second kappa shape index (κ2) is 6.13. The van der Waals surface area contributed by atoms with Crippen LogP contribution in [0.15, 0.2) is 0 Å². The maximum Gasteiger partial charge on any atom is 0.0126 e. The van der Waals surface area contributed by atoms with E-state index in [1.807, 2.05) is 0 Å². The van der Waals surface area contributed by atoms with E-state index in [-0.39, 0.29) is 0 Å². The molecule has 0 unspecified atom stereocenters. The quantitative estimate of drug-likeness (QED) is 0.823. The normalized spacial score (nSPS) is 44.8. The smallest absolute Gasteiger partial charge is 0.0126 e. The van der Waals surface area contributed by atoms with Crippen molar-refractivity contribution in [3.8, 4) is 0 Å². The molecule has 0 aromatic heterocycles. The molecular formula is C17H32N2. The summed E-state index contributed by atoms with van der Waals surface area (Å²) in [7, 11) is 2.37. The first-order chi connectivity index (χ1) is 9.24. The monoisotopic (exact) mass is 264 g/mol. The van der Waals surface area contributed by atoms with Crippen molar-refractivity contribution in [2.75, 3.05) is 20.1 Å². The lowest BCUT2D eigenvalue weighted by Gasteiger charge is -2.49. The van der Waals surface area contributed by atoms with Gasteiger partial charge in [0.05, 0.1) is 0 Å². The first-order valence-electron chi connectivity index (χ1n) is 8.67. The highest BCUT2D eigenvalue weighted by atomic mass is 15.1. The third-order valence-corrected chi connectivity index (χ3v) is 6.06. The molecule has 0 spiro atoms. The number of nitrogens with zero attached hydrogens (tertiary/aromatic N) is 1. The summed E-state index contributed by atoms with van der Waals surface area (Å²) in [6, 6.07) is 1.73. The molecule has 1 N–H and O–H groups in total. The predicted octanol–water partition coefficient (Wildman–Crippen LogP) is 3.28. The molecule has 0 aromatic rings. The minimum Gasteiger partial charge on any atom is -0.314 e. The second-order valence-corrected chi connectivity index (χ2v) is 7.57. The Balaban J connectivity index is 1.64. The number of fused-ring (bicyclic) bond motifs is 1. The summed E-state index contributed by atoms with van der Waals surface area (Å²) in [5.74, 6) is 2.93. The van der Waals surface area contributed by atoms with Gasteiger partial charge >= 0.3 is 0 Å². The fourth-order valence-corrected chi connectivity index (χ4v) is 5.13. The Labute approximate surface area is 119 Å². The first-order valence-corrected chi connectivity index (χ1v) is 8.67. The highest BCUT2D eigenvalue weighted by Crippen LogP contribution is 2.43. The Morgan fingerprint density at radius 2 is 2.00 bits per heavy atom. The molecule has 2 aliphatic heterocycles. The van der Waals surface area contributed by atoms with Crippen LogP contribution < -0.4 is 5.32 Å². The molecule has 2 heterocycles. The lowest BCUT2D eigenvalue weighted by atomic mass is 9.66. The summed E-state index contributed by atoms with van der Waals surface area (Å²) in [6.07, 6.45) is 11.6. The molecule has 1 aliphatic carbocycles. The molecule has 0 aromatic carbocycles. The molecule has 3 fully saturated rings. The van der Waals surface area contributed by atoms with Crippen LogP contribution in [0.3, 0.4) is 0 Å². The van der Waals surface area contributed by atoms with Crippen molar-refractivity contribution in [1.29, 1.82) is 0 Å². The third-order valence-electron chi connectivity index (χ3n) is 6.06. The molecule has 0 radical (unpaired) electrons. The zero-order chi connectivity index (χ0) is 13.2. The SMILES string of the molecule is C[C@H]1C[C@H](C[C@H]2CCCCN2)[C@@H]2CCCN(C)[C@H]2C1. The Hall–Kier alpha value is -0.0800. The fourth-order valence-electron chi connectivity index (χ4n) is 5.13. The molecule has 1 saturated carbocycles. The first kappa shape index (κ1) is 13.9. The van der Waals surface area contributed by atoms with Crippen molar-refractivity contribution in [3.63, 3.8) is 0 Å². The van der Waals surface area contributed by atoms with E-state index in [4.69, 9.17) is 0 Å². The van der Waals surface area contributed by atoms with E-state index in [2.05, 4.69) is 24.2 Å². The number of rotatable bonds is 2. The van der Waals surface area contributed by atoms with Crippen LogP contribution in [-0.2, 0) is 0 Å². The van der Waals surface area contributed by atoms with Crippen molar-refractivity contribution in [2.24, 2.45) is 17.8 Å². The lowest BCUT2D eigenvalue weighted by molar-refractivity contribution is 0.0145. The van der Waals surface area contributed by atoms with Crippen LogP contribution in [0, 0.1) is 17.8 Å². The molecular weight excluding hydrogens is 232 g/mol. The van der Waals surface area contributed by atoms with E-state index in [1.165, 1.54) is 64.5 Å². The van der Waals surface area contributed by atoms with Gasteiger partial charge in [0.25, 0.3) is 0 Å². The molecule has 3 aliphatic rings. The number of nitrogens with one attached hydrogen (secondary N) is 1. The maximum atomic E-state index is 3.77. The molecule has 19 heavy (non-hydrogen) atoms. The van der Waals surface area contributed by atoms with Gasteiger partial charge in [-0.25, -0.2) is 0 Å². The predicted molar refractivity (Wildman–Crippen MR) is 81.3 cm³/mol. The number of hydrogen-bond acceptors (Lipinski definition) is 2. The molecule has 2 heteroatoms. The molecule has 2 nitrogen and oxygen atoms in total. The Morgan fingerprint density at radius 1 is 1.11 bits per heavy atom. The van der Waals surface area contributed by atoms with Gasteiger partial charge in [-0.15, -0.1) is 0 Å². The maximum absolute atomic E-state index is 3.77. The van der Waals surface area contributed by atoms with Gasteiger partial charge in [-0.3, -0.25) is 0 Å². The standard InChI is InChI=1S/C17H32N2/c1-13-10-14(12-15-6-3-4-8-18-15)16-7-5-9-19(2)17(16)11-13/h13-18H,3-12H2,1-2H3/t13-,14+,15+,16-,17-/m0/s1. The zero-order valence-electron chi connectivity index (χ0n) is 12.9. The van der Waals surface area contributed by atoms with E-state index >= 15 is 0 Å². The largest absolute Gasteiger partial charge is 0.314 e. The van der Waals surface area contributed by atoms with Gasteiger partial charge in [0.2, 0.25) is 0 Å². The third kappa shape index (κ3) is 3.16. The van der Waals surface area contributed by atoms with Crippen molar-refractivity contribution < 1.29 is 0 Å². The van der Waals surface area contributed by atoms with Crippen LogP contribution in [0.25, 0.3) is 0 Å². The van der Waals surface area contributed by atoms with Crippen molar-refractivity contribution in [3.05, 3.63) is 0 Å². The summed E-state index contributed by atoms with van der Waals surface area (Å²) in [6.45, 7) is 5.09. The van der Waals surface area contributed by atoms with Crippen molar-refractivity contribution in [1.82, 2.24) is 10.2 Å². The van der Waals surface area contributed by atoms with Gasteiger partial charge in [0.1, 0.15) is 0 Å². The number of hydrogen-bond donors (Lipinski definition) is 1. The van der Waals surface area contributed by atoms with Crippen LogP contribution in [0.2, 0.25) is 0 Å². The molecule has 0 bridgehead atoms. The minimum absolute atomic E-state index is 0.830. The van der Waals surface area contributed by atoms with Gasteiger partial charge in [-0.05, 0) is 82.8 Å². The summed E-state index contributed by atoms with van der Waals surface area (Å²) in [4.78, 5) is 2.67. The highest BCUT2D eigenvalue weighted by molar-refractivity contribution is 4.94. The van der Waals surface area contributed by atoms with Gasteiger partial charge in [-0.1, -0.05) is 13.3 Å². The molecule has 0 amide bonds. The molecule has 5 atom stereocenters. The number of likely N-dealkylation sites (tertiary alicyclic amines) is 1. The van der Waals surface area contributed by atoms with E-state index in [0.717, 1.165) is 29.8 Å². The van der Waals surface area contributed by atoms with Crippen LogP contribution in [0.1, 0.15) is 58.3 Å². The topological polar surface area (TPSA) is 15.3 Å². The zero-order valence-corrected chi connectivity index (χ0v) is 12.9. The summed E-state index contributed by atoms with van der Waals surface area (Å²) in [5, 5.41) is 3.77. The summed E-state index contributed by atoms with van der Waals surface area (Å²) in [5.41, 5.74) is 0. The summed E-state index contributed by atoms with van der Waals surface area (Å²) < 4.78 is 0. The van der Waals surface area contributed by atoms with Crippen LogP contribution in [-0.4, -0.2) is 37.1 Å². The van der Waals surface area contributed by atoms with E-state index < -0.39 is 0 Å². The minimum atomic E-state index is 0.830. The molecule has 2 saturated heterocycles. The Kier molecular flexibility index (Phi) is 4.48. The lowest BCUT2D eigenvalue weighted by Crippen LogP contribution is -2.50. The molecule has 110 valence electrons. The summed E-state index contributed by atoms with van der Waals surface area (Å²) >= 11 is 0. The fraction of sp³-hybridized carbons (Fsp3) is 1.00. The van der Waals surface area contributed by atoms with E-state index in [1.54, 1.807) is 0 Å². The average Bonchev–Trinajstić information content (AvgIpc) is 2.41. The number of piperidine rings is 2. The van der Waals surface area contributed by atoms with Gasteiger partial charge in [-0.2, -0.15) is 0 Å². The van der Waals surface area contributed by atoms with Crippen molar-refractivity contribution in [2.45, 2.75) is 70.4 Å². The Bertz CT molecular complexity index is 285. The van der Waals surface area contributed by atoms with Gasteiger partial charge in [0.15, 0.2) is 0 Å². The van der Waals surface area contributed by atoms with Gasteiger partial charge in [0, 0.05) is 12.1 Å². The van der Waals surface area contributed by atoms with Crippen molar-refractivity contribution >= 4 is 0 Å². The van der Waals surface area contributed by atoms with E-state index in [9.17, 15) is 0 Å². The second-order valence-electron chi connectivity index (χ2n) is 7.57. The highest BCUT2D eigenvalue weighted by Gasteiger charge is 2.40. The van der Waals surface area contributed by atoms with Crippen LogP contribution >= 0.6 is 0 Å². The van der Waals surface area contributed by atoms with Crippen LogP contribution in [0.4, 0.5) is 0 Å².